The third-order valence-electron chi connectivity index (χ3n) is 2.76. The van der Waals surface area contributed by atoms with Crippen LogP contribution >= 0.6 is 11.8 Å². The Morgan fingerprint density at radius 3 is 2.87 bits per heavy atom. The number of pyridine rings is 1. The fourth-order valence-electron chi connectivity index (χ4n) is 2.03. The Morgan fingerprint density at radius 1 is 1.20 bits per heavy atom. The van der Waals surface area contributed by atoms with Gasteiger partial charge in [-0.1, -0.05) is 18.2 Å². The van der Waals surface area contributed by atoms with Gasteiger partial charge in [-0.3, -0.25) is 0 Å². The fourth-order valence-corrected chi connectivity index (χ4v) is 3.17. The first-order chi connectivity index (χ1) is 7.40. The van der Waals surface area contributed by atoms with Crippen molar-refractivity contribution in [1.82, 2.24) is 4.98 Å². The third-order valence-corrected chi connectivity index (χ3v) is 3.75. The Labute approximate surface area is 92.7 Å². The maximum absolute atomic E-state index is 5.34. The molecule has 15 heavy (non-hydrogen) atoms. The van der Waals surface area contributed by atoms with Gasteiger partial charge in [0.05, 0.1) is 12.6 Å². The number of thioether (sulfide) groups is 1. The Hall–Kier alpha value is -1.22. The standard InChI is InChI=1S/C12H11NOS/c1-14-12-10-7-15-6-9(10)8-4-2-3-5-11(8)13-12/h2-5H,6-7H2,1H3. The van der Waals surface area contributed by atoms with E-state index in [9.17, 15) is 0 Å². The lowest BCUT2D eigenvalue weighted by atomic mass is 10.1. The molecule has 0 saturated carbocycles. The summed E-state index contributed by atoms with van der Waals surface area (Å²) in [7, 11) is 1.69. The molecule has 1 aliphatic rings. The van der Waals surface area contributed by atoms with Gasteiger partial charge >= 0.3 is 0 Å². The fraction of sp³-hybridized carbons (Fsp3) is 0.250. The highest BCUT2D eigenvalue weighted by Crippen LogP contribution is 2.39. The van der Waals surface area contributed by atoms with Crippen LogP contribution in [0, 0.1) is 0 Å². The predicted octanol–water partition coefficient (Wildman–Crippen LogP) is 2.99. The second-order valence-electron chi connectivity index (χ2n) is 3.59. The van der Waals surface area contributed by atoms with E-state index in [-0.39, 0.29) is 0 Å². The number of fused-ring (bicyclic) bond motifs is 3. The smallest absolute Gasteiger partial charge is 0.218 e. The first-order valence-electron chi connectivity index (χ1n) is 4.92. The van der Waals surface area contributed by atoms with Crippen LogP contribution in [0.25, 0.3) is 10.9 Å². The molecule has 0 radical (unpaired) electrons. The predicted molar refractivity (Wildman–Crippen MR) is 63.3 cm³/mol. The monoisotopic (exact) mass is 217 g/mol. The van der Waals surface area contributed by atoms with Crippen LogP contribution in [0.4, 0.5) is 0 Å². The average molecular weight is 217 g/mol. The molecule has 1 aromatic carbocycles. The number of nitrogens with zero attached hydrogens (tertiary/aromatic N) is 1. The Bertz CT molecular complexity index is 524. The first-order valence-corrected chi connectivity index (χ1v) is 6.08. The largest absolute Gasteiger partial charge is 0.481 e. The van der Waals surface area contributed by atoms with Gasteiger partial charge in [-0.25, -0.2) is 4.98 Å². The van der Waals surface area contributed by atoms with Crippen molar-refractivity contribution in [3.8, 4) is 5.88 Å². The van der Waals surface area contributed by atoms with Gasteiger partial charge in [0.2, 0.25) is 5.88 Å². The maximum atomic E-state index is 5.34. The Balaban J connectivity index is 2.40. The van der Waals surface area contributed by atoms with Gasteiger partial charge in [-0.05, 0) is 11.6 Å². The molecule has 3 heteroatoms. The molecule has 0 aliphatic carbocycles. The van der Waals surface area contributed by atoms with Crippen LogP contribution in [-0.2, 0) is 11.5 Å². The second kappa shape index (κ2) is 3.42. The normalized spacial score (nSPS) is 14.2. The summed E-state index contributed by atoms with van der Waals surface area (Å²) >= 11 is 1.93. The number of rotatable bonds is 1. The van der Waals surface area contributed by atoms with Gasteiger partial charge in [0.1, 0.15) is 0 Å². The van der Waals surface area contributed by atoms with Crippen molar-refractivity contribution in [2.75, 3.05) is 7.11 Å². The van der Waals surface area contributed by atoms with Crippen LogP contribution in [0.2, 0.25) is 0 Å². The highest BCUT2D eigenvalue weighted by molar-refractivity contribution is 7.98. The minimum atomic E-state index is 0.800. The summed E-state index contributed by atoms with van der Waals surface area (Å²) in [5, 5.41) is 1.28. The summed E-state index contributed by atoms with van der Waals surface area (Å²) in [5.74, 6) is 2.90. The van der Waals surface area contributed by atoms with Gasteiger partial charge in [0.15, 0.2) is 0 Å². The lowest BCUT2D eigenvalue weighted by molar-refractivity contribution is 0.396. The van der Waals surface area contributed by atoms with Crippen LogP contribution in [0.5, 0.6) is 5.88 Å². The van der Waals surface area contributed by atoms with Gasteiger partial charge in [0.25, 0.3) is 0 Å². The molecule has 3 rings (SSSR count). The first kappa shape index (κ1) is 9.04. The molecule has 1 aliphatic heterocycles. The molecule has 2 heterocycles. The Kier molecular flexibility index (Phi) is 2.06. The van der Waals surface area contributed by atoms with Crippen molar-refractivity contribution < 1.29 is 4.74 Å². The van der Waals surface area contributed by atoms with E-state index < -0.39 is 0 Å². The number of methoxy groups -OCH3 is 1. The number of hydrogen-bond acceptors (Lipinski definition) is 3. The van der Waals surface area contributed by atoms with Crippen LogP contribution in [0.15, 0.2) is 24.3 Å². The Morgan fingerprint density at radius 2 is 2.00 bits per heavy atom. The molecule has 76 valence electrons. The molecule has 2 nitrogen and oxygen atoms in total. The van der Waals surface area contributed by atoms with Crippen LogP contribution in [0.3, 0.4) is 0 Å². The van der Waals surface area contributed by atoms with Crippen LogP contribution in [0.1, 0.15) is 11.1 Å². The topological polar surface area (TPSA) is 22.1 Å². The molecule has 0 N–H and O–H groups in total. The second-order valence-corrected chi connectivity index (χ2v) is 4.57. The average Bonchev–Trinajstić information content (AvgIpc) is 2.77. The molecular weight excluding hydrogens is 206 g/mol. The van der Waals surface area contributed by atoms with Crippen LogP contribution in [-0.4, -0.2) is 12.1 Å². The van der Waals surface area contributed by atoms with Crippen molar-refractivity contribution in [3.63, 3.8) is 0 Å². The van der Waals surface area contributed by atoms with E-state index in [4.69, 9.17) is 4.74 Å². The quantitative estimate of drug-likeness (QED) is 0.733. The van der Waals surface area contributed by atoms with Crippen molar-refractivity contribution >= 4 is 22.7 Å². The van der Waals surface area contributed by atoms with Crippen molar-refractivity contribution in [1.29, 1.82) is 0 Å². The molecular formula is C12H11NOS. The number of benzene rings is 1. The number of aromatic nitrogens is 1. The summed E-state index contributed by atoms with van der Waals surface area (Å²) in [5.41, 5.74) is 3.72. The molecule has 0 spiro atoms. The van der Waals surface area contributed by atoms with E-state index in [1.165, 1.54) is 16.5 Å². The zero-order chi connectivity index (χ0) is 10.3. The molecule has 0 amide bonds. The van der Waals surface area contributed by atoms with Crippen molar-refractivity contribution in [3.05, 3.63) is 35.4 Å². The van der Waals surface area contributed by atoms with Gasteiger partial charge in [-0.15, -0.1) is 0 Å². The third kappa shape index (κ3) is 1.30. The SMILES string of the molecule is COc1nc2ccccc2c2c1CSC2. The highest BCUT2D eigenvalue weighted by Gasteiger charge is 2.20. The summed E-state index contributed by atoms with van der Waals surface area (Å²) in [6, 6.07) is 8.27. The number of hydrogen-bond donors (Lipinski definition) is 0. The number of ether oxygens (including phenoxy) is 1. The molecule has 0 bridgehead atoms. The van der Waals surface area contributed by atoms with Gasteiger partial charge in [0, 0.05) is 22.5 Å². The van der Waals surface area contributed by atoms with Crippen LogP contribution < -0.4 is 4.74 Å². The zero-order valence-electron chi connectivity index (χ0n) is 8.49. The van der Waals surface area contributed by atoms with E-state index >= 15 is 0 Å². The van der Waals surface area contributed by atoms with Gasteiger partial charge < -0.3 is 4.74 Å². The van der Waals surface area contributed by atoms with E-state index in [0.29, 0.717) is 0 Å². The molecule has 1 aromatic heterocycles. The van der Waals surface area contributed by atoms with E-state index in [1.54, 1.807) is 7.11 Å². The maximum Gasteiger partial charge on any atom is 0.218 e. The van der Waals surface area contributed by atoms with E-state index in [2.05, 4.69) is 17.1 Å². The summed E-state index contributed by atoms with van der Waals surface area (Å²) in [6.07, 6.45) is 0. The lowest BCUT2D eigenvalue weighted by Crippen LogP contribution is -1.96. The van der Waals surface area contributed by atoms with Gasteiger partial charge in [-0.2, -0.15) is 11.8 Å². The molecule has 0 saturated heterocycles. The van der Waals surface area contributed by atoms with Crippen molar-refractivity contribution in [2.24, 2.45) is 0 Å². The minimum absolute atomic E-state index is 0.800. The minimum Gasteiger partial charge on any atom is -0.481 e. The molecule has 0 fully saturated rings. The zero-order valence-corrected chi connectivity index (χ0v) is 9.30. The molecule has 0 atom stereocenters. The number of para-hydroxylation sites is 1. The van der Waals surface area contributed by atoms with Crippen molar-refractivity contribution in [2.45, 2.75) is 11.5 Å². The summed E-state index contributed by atoms with van der Waals surface area (Å²) < 4.78 is 5.34. The van der Waals surface area contributed by atoms with E-state index in [0.717, 1.165) is 22.9 Å². The molecule has 2 aromatic rings. The summed E-state index contributed by atoms with van der Waals surface area (Å²) in [4.78, 5) is 4.53. The van der Waals surface area contributed by atoms with E-state index in [1.807, 2.05) is 23.9 Å². The lowest BCUT2D eigenvalue weighted by Gasteiger charge is -2.08. The highest BCUT2D eigenvalue weighted by atomic mass is 32.2. The molecule has 0 unspecified atom stereocenters. The summed E-state index contributed by atoms with van der Waals surface area (Å²) in [6.45, 7) is 0.